The topological polar surface area (TPSA) is 102 Å². The Morgan fingerprint density at radius 2 is 1.88 bits per heavy atom. The Bertz CT molecular complexity index is 1110. The maximum atomic E-state index is 12.6. The minimum atomic E-state index is -0.244. The van der Waals surface area contributed by atoms with Gasteiger partial charge in [0.15, 0.2) is 5.75 Å². The average Bonchev–Trinajstić information content (AvgIpc) is 2.84. The lowest BCUT2D eigenvalue weighted by Gasteiger charge is -2.37. The highest BCUT2D eigenvalue weighted by atomic mass is 16.6. The van der Waals surface area contributed by atoms with E-state index in [1.165, 1.54) is 7.11 Å². The number of benzene rings is 2. The molecule has 2 aromatic carbocycles. The van der Waals surface area contributed by atoms with E-state index in [9.17, 15) is 9.59 Å². The first-order chi connectivity index (χ1) is 16.5. The van der Waals surface area contributed by atoms with Gasteiger partial charge in [-0.3, -0.25) is 14.6 Å². The summed E-state index contributed by atoms with van der Waals surface area (Å²) in [5.74, 6) is 0.821. The molecule has 3 aromatic rings. The highest BCUT2D eigenvalue weighted by Crippen LogP contribution is 2.28. The van der Waals surface area contributed by atoms with E-state index in [1.54, 1.807) is 29.3 Å². The monoisotopic (exact) mass is 466 g/mol. The van der Waals surface area contributed by atoms with Crippen molar-refractivity contribution in [2.75, 3.05) is 32.7 Å². The summed E-state index contributed by atoms with van der Waals surface area (Å²) in [4.78, 5) is 34.7. The summed E-state index contributed by atoms with van der Waals surface area (Å²) < 4.78 is 10.2. The van der Waals surface area contributed by atoms with E-state index in [0.29, 0.717) is 48.4 Å². The van der Waals surface area contributed by atoms with Crippen molar-refractivity contribution in [3.8, 4) is 11.5 Å². The Morgan fingerprint density at radius 1 is 1.15 bits per heavy atom. The molecule has 0 saturated carbocycles. The molecule has 0 spiro atoms. The zero-order valence-electron chi connectivity index (χ0n) is 19.8. The van der Waals surface area contributed by atoms with Crippen LogP contribution in [0.15, 0.2) is 54.7 Å². The van der Waals surface area contributed by atoms with E-state index in [-0.39, 0.29) is 12.0 Å². The maximum absolute atomic E-state index is 12.6. The Labute approximate surface area is 199 Å². The van der Waals surface area contributed by atoms with Gasteiger partial charge in [-0.1, -0.05) is 32.0 Å². The molecule has 1 aliphatic heterocycles. The molecular formula is C25H30N4O5. The van der Waals surface area contributed by atoms with Crippen LogP contribution in [0.2, 0.25) is 0 Å². The number of fused-ring (bicyclic) bond motifs is 1. The van der Waals surface area contributed by atoms with Crippen molar-refractivity contribution in [3.05, 3.63) is 60.3 Å². The molecule has 1 saturated heterocycles. The molecule has 0 bridgehead atoms. The second kappa shape index (κ2) is 11.9. The number of nitrogens with zero attached hydrogens (tertiary/aromatic N) is 2. The third-order valence-electron chi connectivity index (χ3n) is 5.27. The summed E-state index contributed by atoms with van der Waals surface area (Å²) in [5.41, 5.74) is 4.66. The summed E-state index contributed by atoms with van der Waals surface area (Å²) in [6.07, 6.45) is 1.46. The minimum Gasteiger partial charge on any atom is -0.496 e. The van der Waals surface area contributed by atoms with Crippen LogP contribution in [0.1, 0.15) is 24.2 Å². The normalized spacial score (nSPS) is 12.9. The van der Waals surface area contributed by atoms with E-state index in [4.69, 9.17) is 14.3 Å². The van der Waals surface area contributed by atoms with Crippen molar-refractivity contribution >= 4 is 29.0 Å². The molecule has 9 heteroatoms. The zero-order chi connectivity index (χ0) is 24.5. The van der Waals surface area contributed by atoms with Crippen LogP contribution < -0.4 is 20.4 Å². The number of likely N-dealkylation sites (tertiary alicyclic amines) is 1. The molecule has 0 unspecified atom stereocenters. The van der Waals surface area contributed by atoms with Crippen molar-refractivity contribution in [3.63, 3.8) is 0 Å². The van der Waals surface area contributed by atoms with Crippen LogP contribution in [-0.4, -0.2) is 61.7 Å². The predicted molar refractivity (Wildman–Crippen MR) is 130 cm³/mol. The van der Waals surface area contributed by atoms with Gasteiger partial charge in [0, 0.05) is 23.7 Å². The maximum Gasteiger partial charge on any atom is 0.293 e. The molecule has 2 N–H and O–H groups in total. The first kappa shape index (κ1) is 24.8. The van der Waals surface area contributed by atoms with Crippen LogP contribution in [0.4, 0.5) is 5.69 Å². The number of ether oxygens (including phenoxy) is 2. The minimum absolute atomic E-state index is 0.182. The van der Waals surface area contributed by atoms with Gasteiger partial charge >= 0.3 is 0 Å². The van der Waals surface area contributed by atoms with Gasteiger partial charge in [0.05, 0.1) is 31.5 Å². The number of carbonyl (C=O) groups excluding carboxylic acids is 2. The lowest BCUT2D eigenvalue weighted by Crippen LogP contribution is -2.54. The van der Waals surface area contributed by atoms with E-state index < -0.39 is 0 Å². The molecular weight excluding hydrogens is 436 g/mol. The van der Waals surface area contributed by atoms with Gasteiger partial charge < -0.3 is 24.5 Å². The van der Waals surface area contributed by atoms with E-state index in [2.05, 4.69) is 29.6 Å². The molecule has 34 heavy (non-hydrogen) atoms. The Morgan fingerprint density at radius 3 is 2.56 bits per heavy atom. The van der Waals surface area contributed by atoms with Gasteiger partial charge in [-0.05, 0) is 31.3 Å². The quantitative estimate of drug-likeness (QED) is 0.385. The number of hydrogen-bond donors (Lipinski definition) is 2. The van der Waals surface area contributed by atoms with Gasteiger partial charge in [0.1, 0.15) is 17.4 Å². The van der Waals surface area contributed by atoms with Gasteiger partial charge in [-0.25, -0.2) is 5.48 Å². The van der Waals surface area contributed by atoms with Gasteiger partial charge in [0.2, 0.25) is 0 Å². The van der Waals surface area contributed by atoms with Crippen LogP contribution in [0.5, 0.6) is 11.5 Å². The number of anilines is 1. The lowest BCUT2D eigenvalue weighted by molar-refractivity contribution is -0.139. The second-order valence-corrected chi connectivity index (χ2v) is 7.96. The summed E-state index contributed by atoms with van der Waals surface area (Å²) in [7, 11) is 3.45. The fourth-order valence-corrected chi connectivity index (χ4v) is 3.14. The smallest absolute Gasteiger partial charge is 0.293 e. The molecule has 1 aromatic heterocycles. The van der Waals surface area contributed by atoms with E-state index in [1.807, 2.05) is 37.4 Å². The molecule has 1 amide bonds. The number of pyridine rings is 1. The van der Waals surface area contributed by atoms with Gasteiger partial charge in [-0.2, -0.15) is 0 Å². The molecule has 180 valence electrons. The number of carbonyl (C=O) groups is 2. The van der Waals surface area contributed by atoms with Crippen molar-refractivity contribution in [2.24, 2.45) is 0 Å². The molecule has 9 nitrogen and oxygen atoms in total. The molecule has 4 rings (SSSR count). The molecule has 2 heterocycles. The van der Waals surface area contributed by atoms with Crippen molar-refractivity contribution in [1.29, 1.82) is 0 Å². The van der Waals surface area contributed by atoms with Crippen LogP contribution >= 0.6 is 0 Å². The number of amides is 1. The second-order valence-electron chi connectivity index (χ2n) is 7.96. The van der Waals surface area contributed by atoms with E-state index >= 15 is 0 Å². The number of methoxy groups -OCH3 is 1. The van der Waals surface area contributed by atoms with Gasteiger partial charge in [-0.15, -0.1) is 0 Å². The predicted octanol–water partition coefficient (Wildman–Crippen LogP) is 3.26. The summed E-state index contributed by atoms with van der Waals surface area (Å²) in [6, 6.07) is 15.2. The Kier molecular flexibility index (Phi) is 8.64. The number of nitrogens with one attached hydrogen (secondary N) is 2. The number of hydrogen-bond acceptors (Lipinski definition) is 8. The molecule has 0 radical (unpaired) electrons. The average molecular weight is 467 g/mol. The summed E-state index contributed by atoms with van der Waals surface area (Å²) >= 11 is 0. The number of para-hydroxylation sites is 1. The molecule has 1 fully saturated rings. The Balaban J connectivity index is 0.000000588. The third-order valence-corrected chi connectivity index (χ3v) is 5.27. The number of aromatic nitrogens is 1. The lowest BCUT2D eigenvalue weighted by atomic mass is 10.1. The third kappa shape index (κ3) is 6.14. The highest BCUT2D eigenvalue weighted by molar-refractivity contribution is 5.98. The van der Waals surface area contributed by atoms with Crippen LogP contribution in [-0.2, 0) is 9.53 Å². The zero-order valence-corrected chi connectivity index (χ0v) is 19.8. The largest absolute Gasteiger partial charge is 0.496 e. The molecule has 0 atom stereocenters. The highest BCUT2D eigenvalue weighted by Gasteiger charge is 2.33. The molecule has 0 aliphatic carbocycles. The van der Waals surface area contributed by atoms with Crippen LogP contribution in [0.25, 0.3) is 10.9 Å². The number of rotatable bonds is 8. The SMILES string of the molecule is CNC(C)C.COc1cc(NOc2cccc3cccnc23)ccc1C(=O)N1CC(OC=O)C1. The first-order valence-corrected chi connectivity index (χ1v) is 11.0. The van der Waals surface area contributed by atoms with E-state index in [0.717, 1.165) is 10.9 Å². The summed E-state index contributed by atoms with van der Waals surface area (Å²) in [5, 5.41) is 4.00. The Hall–Kier alpha value is -3.85. The first-order valence-electron chi connectivity index (χ1n) is 11.0. The summed E-state index contributed by atoms with van der Waals surface area (Å²) in [6.45, 7) is 5.37. The fourth-order valence-electron chi connectivity index (χ4n) is 3.14. The van der Waals surface area contributed by atoms with Crippen LogP contribution in [0.3, 0.4) is 0 Å². The van der Waals surface area contributed by atoms with Crippen LogP contribution in [0, 0.1) is 0 Å². The standard InChI is InChI=1S/C21H19N3O5.C4H11N/c1-27-19-10-15(7-8-17(19)21(26)24-11-16(12-24)28-13-25)23-29-18-6-2-4-14-5-3-9-22-20(14)18;1-4(2)5-3/h2-10,13,16,23H,11-12H2,1H3;4-5H,1-3H3. The van der Waals surface area contributed by atoms with Gasteiger partial charge in [0.25, 0.3) is 12.4 Å². The fraction of sp³-hybridized carbons (Fsp3) is 0.320. The molecule has 1 aliphatic rings. The van der Waals surface area contributed by atoms with Crippen molar-refractivity contribution in [2.45, 2.75) is 26.0 Å². The van der Waals surface area contributed by atoms with Crippen molar-refractivity contribution in [1.82, 2.24) is 15.2 Å². The van der Waals surface area contributed by atoms with Crippen molar-refractivity contribution < 1.29 is 23.9 Å².